The van der Waals surface area contributed by atoms with Crippen LogP contribution in [0.25, 0.3) is 0 Å². The third-order valence-electron chi connectivity index (χ3n) is 5.07. The van der Waals surface area contributed by atoms with Crippen LogP contribution in [0.5, 0.6) is 11.5 Å². The molecule has 3 aromatic rings. The molecule has 33 heavy (non-hydrogen) atoms. The molecule has 0 spiro atoms. The summed E-state index contributed by atoms with van der Waals surface area (Å²) >= 11 is 1.36. The number of ether oxygens (including phenoxy) is 2. The van der Waals surface area contributed by atoms with Gasteiger partial charge in [-0.15, -0.1) is 10.2 Å². The molecule has 3 rings (SSSR count). The van der Waals surface area contributed by atoms with Gasteiger partial charge in [0.2, 0.25) is 5.91 Å². The lowest BCUT2D eigenvalue weighted by Crippen LogP contribution is -2.15. The molecule has 7 nitrogen and oxygen atoms in total. The van der Waals surface area contributed by atoms with Gasteiger partial charge in [-0.3, -0.25) is 4.79 Å². The van der Waals surface area contributed by atoms with E-state index in [4.69, 9.17) is 9.47 Å². The molecule has 0 bridgehead atoms. The van der Waals surface area contributed by atoms with Gasteiger partial charge >= 0.3 is 0 Å². The van der Waals surface area contributed by atoms with Crippen LogP contribution in [0, 0.1) is 0 Å². The predicted molar refractivity (Wildman–Crippen MR) is 132 cm³/mol. The van der Waals surface area contributed by atoms with E-state index < -0.39 is 0 Å². The van der Waals surface area contributed by atoms with E-state index >= 15 is 0 Å². The van der Waals surface area contributed by atoms with Gasteiger partial charge in [-0.2, -0.15) is 0 Å². The average Bonchev–Trinajstić information content (AvgIpc) is 3.22. The van der Waals surface area contributed by atoms with Crippen molar-refractivity contribution in [1.82, 2.24) is 14.8 Å². The Kier molecular flexibility index (Phi) is 8.77. The van der Waals surface area contributed by atoms with Crippen LogP contribution in [0.4, 0.5) is 5.69 Å². The first-order valence-corrected chi connectivity index (χ1v) is 12.2. The molecule has 0 aliphatic carbocycles. The topological polar surface area (TPSA) is 78.3 Å². The summed E-state index contributed by atoms with van der Waals surface area (Å²) in [5.41, 5.74) is 2.00. The fourth-order valence-electron chi connectivity index (χ4n) is 3.32. The second-order valence-electron chi connectivity index (χ2n) is 7.86. The Labute approximate surface area is 199 Å². The molecule has 2 aromatic carbocycles. The number of thioether (sulfide) groups is 1. The van der Waals surface area contributed by atoms with Crippen molar-refractivity contribution in [2.75, 3.05) is 17.7 Å². The molecule has 176 valence electrons. The summed E-state index contributed by atoms with van der Waals surface area (Å²) in [6, 6.07) is 15.5. The number of hydrogen-bond acceptors (Lipinski definition) is 6. The standard InChI is InChI=1S/C25H32N4O3S/c1-6-29-24(18(5)32-22-12-8-19(9-13-22)17(3)4)27-28-25(29)33-16-23(30)26-20-10-14-21(15-11-20)31-7-2/h8-15,17-18H,6-7,16H2,1-5H3,(H,26,30). The summed E-state index contributed by atoms with van der Waals surface area (Å²) in [6.07, 6.45) is -0.269. The largest absolute Gasteiger partial charge is 0.494 e. The molecule has 0 aliphatic rings. The van der Waals surface area contributed by atoms with Gasteiger partial charge in [0.05, 0.1) is 12.4 Å². The Morgan fingerprint density at radius 2 is 1.67 bits per heavy atom. The van der Waals surface area contributed by atoms with Crippen molar-refractivity contribution in [3.63, 3.8) is 0 Å². The van der Waals surface area contributed by atoms with E-state index in [1.54, 1.807) is 0 Å². The maximum absolute atomic E-state index is 12.4. The first-order valence-electron chi connectivity index (χ1n) is 11.3. The van der Waals surface area contributed by atoms with Gasteiger partial charge in [-0.25, -0.2) is 0 Å². The zero-order valence-electron chi connectivity index (χ0n) is 19.9. The van der Waals surface area contributed by atoms with Crippen molar-refractivity contribution >= 4 is 23.4 Å². The highest BCUT2D eigenvalue weighted by atomic mass is 32.2. The number of aromatic nitrogens is 3. The monoisotopic (exact) mass is 468 g/mol. The molecule has 0 aliphatic heterocycles. The van der Waals surface area contributed by atoms with E-state index in [0.717, 1.165) is 23.0 Å². The highest BCUT2D eigenvalue weighted by Gasteiger charge is 2.19. The molecule has 8 heteroatoms. The van der Waals surface area contributed by atoms with Crippen molar-refractivity contribution in [3.8, 4) is 11.5 Å². The summed E-state index contributed by atoms with van der Waals surface area (Å²) in [5.74, 6) is 2.91. The molecular weight excluding hydrogens is 436 g/mol. The predicted octanol–water partition coefficient (Wildman–Crippen LogP) is 5.69. The normalized spacial score (nSPS) is 11.9. The van der Waals surface area contributed by atoms with Crippen molar-refractivity contribution in [2.24, 2.45) is 0 Å². The van der Waals surface area contributed by atoms with Gasteiger partial charge < -0.3 is 19.4 Å². The zero-order chi connectivity index (χ0) is 23.8. The van der Waals surface area contributed by atoms with Gasteiger partial charge in [-0.05, 0) is 68.7 Å². The minimum atomic E-state index is -0.269. The molecule has 1 unspecified atom stereocenters. The highest BCUT2D eigenvalue weighted by Crippen LogP contribution is 2.26. The van der Waals surface area contributed by atoms with E-state index in [-0.39, 0.29) is 17.8 Å². The molecule has 1 atom stereocenters. The number of nitrogens with zero attached hydrogens (tertiary/aromatic N) is 3. The van der Waals surface area contributed by atoms with Crippen molar-refractivity contribution in [3.05, 3.63) is 59.9 Å². The van der Waals surface area contributed by atoms with Crippen molar-refractivity contribution in [1.29, 1.82) is 0 Å². The molecule has 1 heterocycles. The van der Waals surface area contributed by atoms with Gasteiger partial charge in [0.15, 0.2) is 17.1 Å². The molecule has 1 N–H and O–H groups in total. The highest BCUT2D eigenvalue weighted by molar-refractivity contribution is 7.99. The second-order valence-corrected chi connectivity index (χ2v) is 8.81. The van der Waals surface area contributed by atoms with E-state index in [1.165, 1.54) is 17.3 Å². The maximum Gasteiger partial charge on any atom is 0.234 e. The van der Waals surface area contributed by atoms with Crippen LogP contribution in [0.2, 0.25) is 0 Å². The number of carbonyl (C=O) groups is 1. The average molecular weight is 469 g/mol. The SMILES string of the molecule is CCOc1ccc(NC(=O)CSc2nnc(C(C)Oc3ccc(C(C)C)cc3)n2CC)cc1. The Hall–Kier alpha value is -3.00. The molecular formula is C25H32N4O3S. The van der Waals surface area contributed by atoms with Crippen LogP contribution in [-0.2, 0) is 11.3 Å². The number of anilines is 1. The molecule has 1 amide bonds. The number of carbonyl (C=O) groups excluding carboxylic acids is 1. The fraction of sp³-hybridized carbons (Fsp3) is 0.400. The number of amides is 1. The third-order valence-corrected chi connectivity index (χ3v) is 6.03. The maximum atomic E-state index is 12.4. The van der Waals surface area contributed by atoms with E-state index in [1.807, 2.05) is 61.7 Å². The van der Waals surface area contributed by atoms with Gasteiger partial charge in [0, 0.05) is 12.2 Å². The summed E-state index contributed by atoms with van der Waals surface area (Å²) in [5, 5.41) is 12.2. The molecule has 0 fully saturated rings. The number of benzene rings is 2. The second kappa shape index (κ2) is 11.7. The minimum absolute atomic E-state index is 0.106. The number of hydrogen-bond donors (Lipinski definition) is 1. The third kappa shape index (κ3) is 6.74. The lowest BCUT2D eigenvalue weighted by molar-refractivity contribution is -0.113. The Morgan fingerprint density at radius 1 is 1.00 bits per heavy atom. The van der Waals surface area contributed by atoms with E-state index in [0.29, 0.717) is 24.2 Å². The number of rotatable bonds is 11. The fourth-order valence-corrected chi connectivity index (χ4v) is 4.13. The summed E-state index contributed by atoms with van der Waals surface area (Å²) in [7, 11) is 0. The van der Waals surface area contributed by atoms with Crippen LogP contribution in [0.15, 0.2) is 53.7 Å². The first-order chi connectivity index (χ1) is 15.9. The first kappa shape index (κ1) is 24.6. The lowest BCUT2D eigenvalue weighted by Gasteiger charge is -2.16. The summed E-state index contributed by atoms with van der Waals surface area (Å²) < 4.78 is 13.5. The van der Waals surface area contributed by atoms with E-state index in [2.05, 4.69) is 41.5 Å². The van der Waals surface area contributed by atoms with Gasteiger partial charge in [0.1, 0.15) is 11.5 Å². The Bertz CT molecular complexity index is 1030. The van der Waals surface area contributed by atoms with Crippen LogP contribution in [0.3, 0.4) is 0 Å². The number of nitrogens with one attached hydrogen (secondary N) is 1. The van der Waals surface area contributed by atoms with E-state index in [9.17, 15) is 4.79 Å². The molecule has 0 radical (unpaired) electrons. The van der Waals surface area contributed by atoms with Crippen molar-refractivity contribution in [2.45, 2.75) is 58.3 Å². The zero-order valence-corrected chi connectivity index (χ0v) is 20.7. The summed E-state index contributed by atoms with van der Waals surface area (Å²) in [6.45, 7) is 11.5. The Morgan fingerprint density at radius 3 is 2.27 bits per heavy atom. The molecule has 0 saturated heterocycles. The Balaban J connectivity index is 1.58. The molecule has 0 saturated carbocycles. The van der Waals surface area contributed by atoms with Crippen LogP contribution in [0.1, 0.15) is 58.0 Å². The quantitative estimate of drug-likeness (QED) is 0.364. The van der Waals surface area contributed by atoms with Gasteiger partial charge in [-0.1, -0.05) is 37.7 Å². The van der Waals surface area contributed by atoms with Gasteiger partial charge in [0.25, 0.3) is 0 Å². The van der Waals surface area contributed by atoms with Crippen molar-refractivity contribution < 1.29 is 14.3 Å². The summed E-state index contributed by atoms with van der Waals surface area (Å²) in [4.78, 5) is 12.4. The molecule has 1 aromatic heterocycles. The smallest absolute Gasteiger partial charge is 0.234 e. The lowest BCUT2D eigenvalue weighted by atomic mass is 10.0. The van der Waals surface area contributed by atoms with Crippen LogP contribution >= 0.6 is 11.8 Å². The minimum Gasteiger partial charge on any atom is -0.494 e. The van der Waals surface area contributed by atoms with Crippen LogP contribution < -0.4 is 14.8 Å². The van der Waals surface area contributed by atoms with Crippen LogP contribution in [-0.4, -0.2) is 33.0 Å².